The van der Waals surface area contributed by atoms with Gasteiger partial charge in [-0.2, -0.15) is 0 Å². The molecular formula is C20H17F2N5O3. The number of nitro groups is 1. The van der Waals surface area contributed by atoms with Crippen LogP contribution in [-0.2, 0) is 6.54 Å². The zero-order chi connectivity index (χ0) is 21.4. The lowest BCUT2D eigenvalue weighted by molar-refractivity contribution is -0.384. The van der Waals surface area contributed by atoms with E-state index in [-0.39, 0.29) is 29.5 Å². The third kappa shape index (κ3) is 3.76. The van der Waals surface area contributed by atoms with Crippen molar-refractivity contribution in [3.63, 3.8) is 0 Å². The molecular weight excluding hydrogens is 396 g/mol. The van der Waals surface area contributed by atoms with Crippen molar-refractivity contribution in [2.45, 2.75) is 32.4 Å². The molecule has 0 radical (unpaired) electrons. The normalized spacial score (nSPS) is 13.3. The van der Waals surface area contributed by atoms with E-state index in [1.165, 1.54) is 33.8 Å². The predicted octanol–water partition coefficient (Wildman–Crippen LogP) is 3.57. The minimum absolute atomic E-state index is 0.0152. The standard InChI is InChI=1S/C20H17F2N5O3/c1-12-19(23-24-26(12)16-3-2-4-17(10-16)27(29)30)20(28)25(15-7-8-15)11-13-5-6-14(21)9-18(13)22/h2-6,9-10,15H,7-8,11H2,1H3. The van der Waals surface area contributed by atoms with Gasteiger partial charge in [-0.1, -0.05) is 17.3 Å². The molecule has 1 aliphatic rings. The van der Waals surface area contributed by atoms with E-state index in [2.05, 4.69) is 10.3 Å². The van der Waals surface area contributed by atoms with Crippen molar-refractivity contribution >= 4 is 11.6 Å². The third-order valence-corrected chi connectivity index (χ3v) is 4.99. The molecule has 154 valence electrons. The largest absolute Gasteiger partial charge is 0.330 e. The minimum Gasteiger partial charge on any atom is -0.330 e. The number of non-ortho nitro benzene ring substituents is 1. The van der Waals surface area contributed by atoms with E-state index in [9.17, 15) is 23.7 Å². The van der Waals surface area contributed by atoms with Gasteiger partial charge in [0.15, 0.2) is 5.69 Å². The molecule has 1 saturated carbocycles. The van der Waals surface area contributed by atoms with Gasteiger partial charge in [-0.25, -0.2) is 13.5 Å². The first-order valence-corrected chi connectivity index (χ1v) is 9.27. The summed E-state index contributed by atoms with van der Waals surface area (Å²) < 4.78 is 28.6. The molecule has 2 aromatic carbocycles. The van der Waals surface area contributed by atoms with Crippen LogP contribution in [0.25, 0.3) is 5.69 Å². The number of hydrogen-bond acceptors (Lipinski definition) is 5. The molecule has 4 rings (SSSR count). The number of nitrogens with zero attached hydrogens (tertiary/aromatic N) is 5. The second kappa shape index (κ2) is 7.62. The molecule has 3 aromatic rings. The van der Waals surface area contributed by atoms with Crippen LogP contribution in [0.15, 0.2) is 42.5 Å². The van der Waals surface area contributed by atoms with E-state index >= 15 is 0 Å². The van der Waals surface area contributed by atoms with Crippen LogP contribution in [-0.4, -0.2) is 36.8 Å². The summed E-state index contributed by atoms with van der Waals surface area (Å²) in [7, 11) is 0. The lowest BCUT2D eigenvalue weighted by Gasteiger charge is -2.22. The molecule has 0 atom stereocenters. The third-order valence-electron chi connectivity index (χ3n) is 4.99. The Morgan fingerprint density at radius 3 is 2.70 bits per heavy atom. The molecule has 0 N–H and O–H groups in total. The van der Waals surface area contributed by atoms with Gasteiger partial charge in [0, 0.05) is 36.3 Å². The SMILES string of the molecule is Cc1c(C(=O)N(Cc2ccc(F)cc2F)C2CC2)nnn1-c1cccc([N+](=O)[O-])c1. The van der Waals surface area contributed by atoms with E-state index in [0.717, 1.165) is 25.0 Å². The van der Waals surface area contributed by atoms with Crippen LogP contribution >= 0.6 is 0 Å². The van der Waals surface area contributed by atoms with E-state index in [4.69, 9.17) is 0 Å². The van der Waals surface area contributed by atoms with Gasteiger partial charge in [-0.05, 0) is 31.9 Å². The molecule has 0 aliphatic heterocycles. The van der Waals surface area contributed by atoms with Crippen LogP contribution in [0.2, 0.25) is 0 Å². The highest BCUT2D eigenvalue weighted by molar-refractivity contribution is 5.93. The molecule has 30 heavy (non-hydrogen) atoms. The highest BCUT2D eigenvalue weighted by atomic mass is 19.1. The van der Waals surface area contributed by atoms with Gasteiger partial charge in [0.1, 0.15) is 11.6 Å². The highest BCUT2D eigenvalue weighted by Gasteiger charge is 2.35. The van der Waals surface area contributed by atoms with Gasteiger partial charge in [0.2, 0.25) is 0 Å². The maximum absolute atomic E-state index is 14.1. The quantitative estimate of drug-likeness (QED) is 0.455. The minimum atomic E-state index is -0.717. The van der Waals surface area contributed by atoms with Crippen LogP contribution in [0, 0.1) is 28.7 Å². The summed E-state index contributed by atoms with van der Waals surface area (Å²) in [6, 6.07) is 9.03. The number of halogens is 2. The van der Waals surface area contributed by atoms with Crippen molar-refractivity contribution in [1.82, 2.24) is 19.9 Å². The van der Waals surface area contributed by atoms with Crippen molar-refractivity contribution < 1.29 is 18.5 Å². The molecule has 1 heterocycles. The van der Waals surface area contributed by atoms with Crippen molar-refractivity contribution in [3.05, 3.63) is 81.2 Å². The number of hydrogen-bond donors (Lipinski definition) is 0. The van der Waals surface area contributed by atoms with Gasteiger partial charge >= 0.3 is 0 Å². The molecule has 0 saturated heterocycles. The molecule has 10 heteroatoms. The molecule has 8 nitrogen and oxygen atoms in total. The van der Waals surface area contributed by atoms with E-state index in [1.54, 1.807) is 13.0 Å². The Balaban J connectivity index is 1.63. The highest BCUT2D eigenvalue weighted by Crippen LogP contribution is 2.31. The topological polar surface area (TPSA) is 94.2 Å². The van der Waals surface area contributed by atoms with Crippen LogP contribution in [0.4, 0.5) is 14.5 Å². The molecule has 0 unspecified atom stereocenters. The van der Waals surface area contributed by atoms with Crippen LogP contribution < -0.4 is 0 Å². The number of nitro benzene ring substituents is 1. The van der Waals surface area contributed by atoms with Crippen molar-refractivity contribution in [2.75, 3.05) is 0 Å². The van der Waals surface area contributed by atoms with E-state index in [0.29, 0.717) is 11.4 Å². The molecule has 1 amide bonds. The molecule has 0 spiro atoms. The summed E-state index contributed by atoms with van der Waals surface area (Å²) in [4.78, 5) is 25.2. The first-order chi connectivity index (χ1) is 14.3. The summed E-state index contributed by atoms with van der Waals surface area (Å²) >= 11 is 0. The summed E-state index contributed by atoms with van der Waals surface area (Å²) in [5, 5.41) is 19.0. The molecule has 1 fully saturated rings. The predicted molar refractivity (Wildman–Crippen MR) is 102 cm³/mol. The zero-order valence-corrected chi connectivity index (χ0v) is 16.0. The fourth-order valence-electron chi connectivity index (χ4n) is 3.23. The Morgan fingerprint density at radius 2 is 2.03 bits per heavy atom. The zero-order valence-electron chi connectivity index (χ0n) is 16.0. The Kier molecular flexibility index (Phi) is 4.98. The summed E-state index contributed by atoms with van der Waals surface area (Å²) in [5.41, 5.74) is 0.986. The summed E-state index contributed by atoms with van der Waals surface area (Å²) in [6.45, 7) is 1.62. The Morgan fingerprint density at radius 1 is 1.27 bits per heavy atom. The number of amides is 1. The number of aromatic nitrogens is 3. The maximum atomic E-state index is 14.1. The fourth-order valence-corrected chi connectivity index (χ4v) is 3.23. The van der Waals surface area contributed by atoms with Gasteiger partial charge in [-0.3, -0.25) is 14.9 Å². The number of rotatable bonds is 6. The number of carbonyl (C=O) groups is 1. The van der Waals surface area contributed by atoms with Crippen LogP contribution in [0.3, 0.4) is 0 Å². The fraction of sp³-hybridized carbons (Fsp3) is 0.250. The number of benzene rings is 2. The Bertz CT molecular complexity index is 1140. The van der Waals surface area contributed by atoms with Crippen molar-refractivity contribution in [1.29, 1.82) is 0 Å². The lowest BCUT2D eigenvalue weighted by Crippen LogP contribution is -2.33. The lowest BCUT2D eigenvalue weighted by atomic mass is 10.1. The van der Waals surface area contributed by atoms with Crippen LogP contribution in [0.1, 0.15) is 34.6 Å². The van der Waals surface area contributed by atoms with E-state index < -0.39 is 22.5 Å². The molecule has 1 aromatic heterocycles. The smallest absolute Gasteiger partial charge is 0.276 e. The van der Waals surface area contributed by atoms with Gasteiger partial charge < -0.3 is 4.90 Å². The second-order valence-electron chi connectivity index (χ2n) is 7.11. The van der Waals surface area contributed by atoms with Crippen molar-refractivity contribution in [3.8, 4) is 5.69 Å². The van der Waals surface area contributed by atoms with Gasteiger partial charge in [-0.15, -0.1) is 5.10 Å². The molecule has 0 bridgehead atoms. The monoisotopic (exact) mass is 413 g/mol. The van der Waals surface area contributed by atoms with Crippen molar-refractivity contribution in [2.24, 2.45) is 0 Å². The average Bonchev–Trinajstić information content (AvgIpc) is 3.48. The average molecular weight is 413 g/mol. The molecule has 1 aliphatic carbocycles. The maximum Gasteiger partial charge on any atom is 0.276 e. The Hall–Kier alpha value is -3.69. The number of carbonyl (C=O) groups excluding carboxylic acids is 1. The van der Waals surface area contributed by atoms with E-state index in [1.807, 2.05) is 0 Å². The first kappa shape index (κ1) is 19.6. The second-order valence-corrected chi connectivity index (χ2v) is 7.11. The summed E-state index contributed by atoms with van der Waals surface area (Å²) in [6.07, 6.45) is 1.57. The van der Waals surface area contributed by atoms with Gasteiger partial charge in [0.25, 0.3) is 11.6 Å². The Labute approximate surface area is 169 Å². The van der Waals surface area contributed by atoms with Gasteiger partial charge in [0.05, 0.1) is 16.3 Å². The summed E-state index contributed by atoms with van der Waals surface area (Å²) in [5.74, 6) is -1.82. The first-order valence-electron chi connectivity index (χ1n) is 9.27. The van der Waals surface area contributed by atoms with Crippen LogP contribution in [0.5, 0.6) is 0 Å².